The molecular formula is C11H7Cl2N5O2S. The highest BCUT2D eigenvalue weighted by molar-refractivity contribution is 7.92. The van der Waals surface area contributed by atoms with Crippen LogP contribution < -0.4 is 4.72 Å². The van der Waals surface area contributed by atoms with Gasteiger partial charge < -0.3 is 0 Å². The van der Waals surface area contributed by atoms with Gasteiger partial charge in [-0.3, -0.25) is 9.12 Å². The van der Waals surface area contributed by atoms with Crippen LogP contribution in [-0.2, 0) is 10.0 Å². The number of sulfonamides is 1. The summed E-state index contributed by atoms with van der Waals surface area (Å²) >= 11 is 11.6. The van der Waals surface area contributed by atoms with Crippen LogP contribution in [0, 0.1) is 0 Å². The lowest BCUT2D eigenvalue weighted by Crippen LogP contribution is -2.16. The molecular weight excluding hydrogens is 337 g/mol. The van der Waals surface area contributed by atoms with Crippen LogP contribution in [0.5, 0.6) is 0 Å². The summed E-state index contributed by atoms with van der Waals surface area (Å²) in [6.45, 7) is 0. The number of rotatable bonds is 3. The van der Waals surface area contributed by atoms with E-state index in [1.54, 1.807) is 24.4 Å². The number of aromatic nitrogens is 4. The van der Waals surface area contributed by atoms with Gasteiger partial charge in [0.05, 0.1) is 0 Å². The molecule has 0 unspecified atom stereocenters. The van der Waals surface area contributed by atoms with Crippen molar-refractivity contribution in [2.45, 2.75) is 5.03 Å². The van der Waals surface area contributed by atoms with Crippen molar-refractivity contribution in [2.24, 2.45) is 0 Å². The van der Waals surface area contributed by atoms with Gasteiger partial charge in [0.15, 0.2) is 10.2 Å². The third-order valence-electron chi connectivity index (χ3n) is 2.57. The van der Waals surface area contributed by atoms with Gasteiger partial charge in [-0.15, -0.1) is 0 Å². The highest BCUT2D eigenvalue weighted by atomic mass is 35.5. The molecule has 0 amide bonds. The zero-order valence-corrected chi connectivity index (χ0v) is 12.6. The number of halogens is 2. The second kappa shape index (κ2) is 5.14. The van der Waals surface area contributed by atoms with Gasteiger partial charge in [-0.2, -0.15) is 8.42 Å². The van der Waals surface area contributed by atoms with E-state index in [4.69, 9.17) is 23.2 Å². The first-order chi connectivity index (χ1) is 9.97. The van der Waals surface area contributed by atoms with Crippen molar-refractivity contribution >= 4 is 44.7 Å². The number of anilines is 1. The van der Waals surface area contributed by atoms with Crippen LogP contribution in [0.25, 0.3) is 5.65 Å². The summed E-state index contributed by atoms with van der Waals surface area (Å²) in [7, 11) is -3.97. The second-order valence-corrected chi connectivity index (χ2v) is 6.31. The normalized spacial score (nSPS) is 11.7. The van der Waals surface area contributed by atoms with E-state index in [1.807, 2.05) is 0 Å². The fourth-order valence-electron chi connectivity index (χ4n) is 1.76. The largest absolute Gasteiger partial charge is 0.288 e. The van der Waals surface area contributed by atoms with E-state index >= 15 is 0 Å². The van der Waals surface area contributed by atoms with Crippen LogP contribution in [-0.4, -0.2) is 27.8 Å². The summed E-state index contributed by atoms with van der Waals surface area (Å²) < 4.78 is 28.6. The van der Waals surface area contributed by atoms with Gasteiger partial charge in [-0.05, 0) is 12.1 Å². The van der Waals surface area contributed by atoms with Crippen molar-refractivity contribution < 1.29 is 8.42 Å². The molecule has 1 N–H and O–H groups in total. The van der Waals surface area contributed by atoms with Crippen molar-refractivity contribution in [3.8, 4) is 0 Å². The monoisotopic (exact) mass is 343 g/mol. The Kier molecular flexibility index (Phi) is 3.44. The van der Waals surface area contributed by atoms with Crippen LogP contribution in [0.2, 0.25) is 10.3 Å². The van der Waals surface area contributed by atoms with E-state index in [2.05, 4.69) is 19.7 Å². The third kappa shape index (κ3) is 2.65. The summed E-state index contributed by atoms with van der Waals surface area (Å²) in [5, 5.41) is -0.185. The Bertz CT molecular complexity index is 925. The van der Waals surface area contributed by atoms with E-state index in [-0.39, 0.29) is 21.2 Å². The molecule has 3 heterocycles. The minimum atomic E-state index is -3.97. The second-order valence-electron chi connectivity index (χ2n) is 3.97. The topological polar surface area (TPSA) is 89.2 Å². The predicted molar refractivity (Wildman–Crippen MR) is 78.1 cm³/mol. The van der Waals surface area contributed by atoms with Crippen molar-refractivity contribution in [3.05, 3.63) is 47.1 Å². The molecule has 0 saturated heterocycles. The van der Waals surface area contributed by atoms with Gasteiger partial charge >= 0.3 is 0 Å². The Morgan fingerprint density at radius 1 is 1.19 bits per heavy atom. The number of pyridine rings is 1. The maximum atomic E-state index is 12.4. The third-order valence-corrected chi connectivity index (χ3v) is 4.53. The first-order valence-corrected chi connectivity index (χ1v) is 7.84. The molecule has 108 valence electrons. The molecule has 0 aliphatic heterocycles. The number of nitrogens with one attached hydrogen (secondary N) is 1. The Labute approximate surface area is 129 Å². The van der Waals surface area contributed by atoms with E-state index in [0.29, 0.717) is 5.65 Å². The lowest BCUT2D eigenvalue weighted by molar-refractivity contribution is 0.596. The van der Waals surface area contributed by atoms with E-state index in [9.17, 15) is 8.42 Å². The van der Waals surface area contributed by atoms with Crippen molar-refractivity contribution in [2.75, 3.05) is 4.72 Å². The smallest absolute Gasteiger partial charge is 0.282 e. The van der Waals surface area contributed by atoms with Gasteiger partial charge in [0, 0.05) is 12.3 Å². The predicted octanol–water partition coefficient (Wildman–Crippen LogP) is 2.23. The average Bonchev–Trinajstić information content (AvgIpc) is 2.74. The molecule has 21 heavy (non-hydrogen) atoms. The molecule has 0 atom stereocenters. The molecule has 0 fully saturated rings. The van der Waals surface area contributed by atoms with Crippen LogP contribution in [0.4, 0.5) is 5.82 Å². The van der Waals surface area contributed by atoms with E-state index in [0.717, 1.165) is 6.33 Å². The standard InChI is InChI=1S/C11H7Cl2N5O2S/c12-7-5-8(15-6-14-7)17-21(19,20)11-10(13)16-9-3-1-2-4-18(9)11/h1-6H,(H,14,15,17). The SMILES string of the molecule is O=S(=O)(Nc1cc(Cl)ncn1)c1c(Cl)nc2ccccn12. The maximum absolute atomic E-state index is 12.4. The summed E-state index contributed by atoms with van der Waals surface area (Å²) in [5.41, 5.74) is 0.420. The zero-order valence-electron chi connectivity index (χ0n) is 10.2. The molecule has 3 aromatic heterocycles. The van der Waals surface area contributed by atoms with E-state index < -0.39 is 10.0 Å². The molecule has 10 heteroatoms. The molecule has 7 nitrogen and oxygen atoms in total. The Morgan fingerprint density at radius 2 is 2.00 bits per heavy atom. The summed E-state index contributed by atoms with van der Waals surface area (Å²) in [6, 6.07) is 6.33. The summed E-state index contributed by atoms with van der Waals surface area (Å²) in [5.74, 6) is 0.0388. The minimum Gasteiger partial charge on any atom is -0.288 e. The first-order valence-electron chi connectivity index (χ1n) is 5.60. The Hall–Kier alpha value is -1.90. The van der Waals surface area contributed by atoms with Gasteiger partial charge in [0.1, 0.15) is 22.9 Å². The van der Waals surface area contributed by atoms with Gasteiger partial charge in [-0.25, -0.2) is 15.0 Å². The molecule has 0 saturated carbocycles. The molecule has 0 bridgehead atoms. The highest BCUT2D eigenvalue weighted by Gasteiger charge is 2.24. The maximum Gasteiger partial charge on any atom is 0.282 e. The number of nitrogens with zero attached hydrogens (tertiary/aromatic N) is 4. The van der Waals surface area contributed by atoms with E-state index in [1.165, 1.54) is 10.5 Å². The summed E-state index contributed by atoms with van der Waals surface area (Å²) in [6.07, 6.45) is 2.70. The van der Waals surface area contributed by atoms with Crippen molar-refractivity contribution in [3.63, 3.8) is 0 Å². The van der Waals surface area contributed by atoms with Gasteiger partial charge in [0.2, 0.25) is 0 Å². The Morgan fingerprint density at radius 3 is 2.76 bits per heavy atom. The van der Waals surface area contributed by atoms with Gasteiger partial charge in [-0.1, -0.05) is 29.3 Å². The lowest BCUT2D eigenvalue weighted by atomic mass is 10.5. The zero-order chi connectivity index (χ0) is 15.0. The first kappa shape index (κ1) is 14.1. The van der Waals surface area contributed by atoms with Crippen molar-refractivity contribution in [1.82, 2.24) is 19.4 Å². The number of hydrogen-bond donors (Lipinski definition) is 1. The molecule has 0 radical (unpaired) electrons. The Balaban J connectivity index is 2.10. The molecule has 0 aliphatic carbocycles. The average molecular weight is 344 g/mol. The number of imidazole rings is 1. The number of fused-ring (bicyclic) bond motifs is 1. The molecule has 3 aromatic rings. The fraction of sp³-hybridized carbons (Fsp3) is 0. The minimum absolute atomic E-state index is 0.0388. The summed E-state index contributed by atoms with van der Waals surface area (Å²) in [4.78, 5) is 11.5. The van der Waals surface area contributed by atoms with Crippen molar-refractivity contribution in [1.29, 1.82) is 0 Å². The molecule has 0 aromatic carbocycles. The number of hydrogen-bond acceptors (Lipinski definition) is 5. The van der Waals surface area contributed by atoms with Gasteiger partial charge in [0.25, 0.3) is 10.0 Å². The lowest BCUT2D eigenvalue weighted by Gasteiger charge is -2.07. The highest BCUT2D eigenvalue weighted by Crippen LogP contribution is 2.24. The fourth-order valence-corrected chi connectivity index (χ4v) is 3.55. The van der Waals surface area contributed by atoms with Crippen LogP contribution in [0.1, 0.15) is 0 Å². The molecule has 0 spiro atoms. The van der Waals surface area contributed by atoms with Crippen LogP contribution in [0.15, 0.2) is 41.8 Å². The van der Waals surface area contributed by atoms with Crippen LogP contribution in [0.3, 0.4) is 0 Å². The quantitative estimate of drug-likeness (QED) is 0.736. The molecule has 3 rings (SSSR count). The van der Waals surface area contributed by atoms with Crippen LogP contribution >= 0.6 is 23.2 Å². The molecule has 0 aliphatic rings.